The minimum absolute atomic E-state index is 0.00719. The highest BCUT2D eigenvalue weighted by molar-refractivity contribution is 9.10. The maximum Gasteiger partial charge on any atom is 0.339 e. The summed E-state index contributed by atoms with van der Waals surface area (Å²) in [5.41, 5.74) is 4.38. The second-order valence-electron chi connectivity index (χ2n) is 14.0. The Bertz CT molecular complexity index is 1840. The van der Waals surface area contributed by atoms with Gasteiger partial charge in [-0.05, 0) is 75.0 Å². The van der Waals surface area contributed by atoms with E-state index in [-0.39, 0.29) is 38.8 Å². The Labute approximate surface area is 279 Å². The lowest BCUT2D eigenvalue weighted by molar-refractivity contribution is -0.119. The van der Waals surface area contributed by atoms with E-state index in [2.05, 4.69) is 60.7 Å². The first-order valence-electron chi connectivity index (χ1n) is 15.4. The first-order chi connectivity index (χ1) is 21.7. The van der Waals surface area contributed by atoms with Gasteiger partial charge in [0, 0.05) is 47.8 Å². The van der Waals surface area contributed by atoms with Crippen LogP contribution < -0.4 is 8.92 Å². The number of rotatable bonds is 7. The number of ether oxygens (including phenoxy) is 1. The van der Waals surface area contributed by atoms with Gasteiger partial charge in [-0.15, -0.1) is 0 Å². The molecule has 0 N–H and O–H groups in total. The number of Topliss-reactive ketones (excluding diaryl/α,β-unsaturated/α-hetero) is 2. The number of ketones is 2. The van der Waals surface area contributed by atoms with Crippen LogP contribution in [0.3, 0.4) is 0 Å². The zero-order chi connectivity index (χ0) is 33.0. The number of carbonyl (C=O) groups is 2. The Morgan fingerprint density at radius 1 is 0.804 bits per heavy atom. The summed E-state index contributed by atoms with van der Waals surface area (Å²) in [7, 11) is -2.73. The van der Waals surface area contributed by atoms with Crippen molar-refractivity contribution in [2.45, 2.75) is 70.7 Å². The Balaban J connectivity index is 1.54. The molecule has 46 heavy (non-hydrogen) atoms. The summed E-state index contributed by atoms with van der Waals surface area (Å²) in [5, 5.41) is 0. The highest BCUT2D eigenvalue weighted by Gasteiger charge is 2.49. The molecule has 0 unspecified atom stereocenters. The number of methoxy groups -OCH3 is 1. The van der Waals surface area contributed by atoms with Crippen LogP contribution in [0.25, 0.3) is 0 Å². The van der Waals surface area contributed by atoms with Gasteiger partial charge in [-0.3, -0.25) is 9.59 Å². The van der Waals surface area contributed by atoms with Crippen molar-refractivity contribution in [2.24, 2.45) is 10.8 Å². The summed E-state index contributed by atoms with van der Waals surface area (Å²) in [5.74, 6) is -0.436. The molecule has 6 rings (SSSR count). The van der Waals surface area contributed by atoms with Crippen molar-refractivity contribution in [3.63, 3.8) is 0 Å². The molecule has 2 aliphatic carbocycles. The fourth-order valence-corrected chi connectivity index (χ4v) is 8.70. The second-order valence-corrected chi connectivity index (χ2v) is 16.4. The average molecular weight is 705 g/mol. The number of hydrogen-bond acceptors (Lipinski definition) is 7. The smallest absolute Gasteiger partial charge is 0.339 e. The van der Waals surface area contributed by atoms with Crippen LogP contribution in [-0.2, 0) is 26.3 Å². The number of nitrogens with zero attached hydrogens (tertiary/aromatic N) is 1. The predicted octanol–water partition coefficient (Wildman–Crippen LogP) is 8.11. The Morgan fingerprint density at radius 2 is 1.33 bits per heavy atom. The second kappa shape index (κ2) is 11.8. The lowest BCUT2D eigenvalue weighted by atomic mass is 9.63. The minimum Gasteiger partial charge on any atom is -0.493 e. The van der Waals surface area contributed by atoms with Gasteiger partial charge in [0.15, 0.2) is 23.1 Å². The number of hydrogen-bond donors (Lipinski definition) is 0. The molecule has 7 nitrogen and oxygen atoms in total. The highest BCUT2D eigenvalue weighted by atomic mass is 79.9. The van der Waals surface area contributed by atoms with Crippen molar-refractivity contribution in [2.75, 3.05) is 7.11 Å². The molecule has 0 aromatic heterocycles. The van der Waals surface area contributed by atoms with E-state index in [1.165, 1.54) is 19.2 Å². The van der Waals surface area contributed by atoms with E-state index in [9.17, 15) is 18.0 Å². The van der Waals surface area contributed by atoms with Crippen molar-refractivity contribution in [1.82, 2.24) is 4.90 Å². The van der Waals surface area contributed by atoms with Gasteiger partial charge < -0.3 is 13.8 Å². The van der Waals surface area contributed by atoms with Crippen LogP contribution in [0.2, 0.25) is 0 Å². The Morgan fingerprint density at radius 3 is 1.85 bits per heavy atom. The summed E-state index contributed by atoms with van der Waals surface area (Å²) in [6.07, 6.45) is 2.08. The van der Waals surface area contributed by atoms with E-state index in [0.717, 1.165) is 17.0 Å². The molecular weight excluding hydrogens is 666 g/mol. The molecular formula is C37H38BrNO6S. The van der Waals surface area contributed by atoms with Crippen molar-refractivity contribution in [3.8, 4) is 11.5 Å². The molecule has 9 heteroatoms. The summed E-state index contributed by atoms with van der Waals surface area (Å²) in [4.78, 5) is 30.7. The van der Waals surface area contributed by atoms with Gasteiger partial charge in [-0.25, -0.2) is 0 Å². The quantitative estimate of drug-likeness (QED) is 0.230. The van der Waals surface area contributed by atoms with Gasteiger partial charge in [-0.1, -0.05) is 76.2 Å². The van der Waals surface area contributed by atoms with Crippen molar-refractivity contribution in [1.29, 1.82) is 0 Å². The van der Waals surface area contributed by atoms with E-state index in [1.54, 1.807) is 30.3 Å². The number of benzene rings is 3. The number of carbonyl (C=O) groups excluding carboxylic acids is 2. The molecule has 3 aromatic carbocycles. The van der Waals surface area contributed by atoms with Crippen LogP contribution in [0, 0.1) is 10.8 Å². The molecule has 1 aliphatic heterocycles. The van der Waals surface area contributed by atoms with Crippen molar-refractivity contribution in [3.05, 3.63) is 111 Å². The summed E-state index contributed by atoms with van der Waals surface area (Å²) in [6.45, 7) is 9.01. The first kappa shape index (κ1) is 32.3. The molecule has 0 saturated heterocycles. The third kappa shape index (κ3) is 6.07. The largest absolute Gasteiger partial charge is 0.493 e. The third-order valence-corrected chi connectivity index (χ3v) is 10.8. The zero-order valence-electron chi connectivity index (χ0n) is 26.7. The molecule has 3 aliphatic rings. The predicted molar refractivity (Wildman–Crippen MR) is 180 cm³/mol. The molecule has 0 amide bonds. The van der Waals surface area contributed by atoms with Crippen LogP contribution in [0.1, 0.15) is 70.4 Å². The van der Waals surface area contributed by atoms with Crippen LogP contribution in [0.15, 0.2) is 105 Å². The molecule has 0 spiro atoms. The van der Waals surface area contributed by atoms with E-state index in [4.69, 9.17) is 8.92 Å². The summed E-state index contributed by atoms with van der Waals surface area (Å²) >= 11 is 3.55. The Kier molecular flexibility index (Phi) is 8.30. The summed E-state index contributed by atoms with van der Waals surface area (Å²) in [6, 6.07) is 21.5. The van der Waals surface area contributed by atoms with Gasteiger partial charge >= 0.3 is 10.1 Å². The van der Waals surface area contributed by atoms with Gasteiger partial charge in [-0.2, -0.15) is 8.42 Å². The van der Waals surface area contributed by atoms with Crippen LogP contribution in [-0.4, -0.2) is 32.0 Å². The van der Waals surface area contributed by atoms with E-state index < -0.39 is 16.0 Å². The highest BCUT2D eigenvalue weighted by Crippen LogP contribution is 2.56. The molecule has 0 radical (unpaired) electrons. The molecule has 0 atom stereocenters. The van der Waals surface area contributed by atoms with E-state index >= 15 is 0 Å². The van der Waals surface area contributed by atoms with E-state index in [1.807, 2.05) is 18.2 Å². The molecule has 240 valence electrons. The standard InChI is InChI=1S/C37H38BrNO6S/c1-36(2)18-27-33(29(40)20-36)32(34-28(19-37(3,4)21-30(34)41)39(27)22-23-12-8-6-9-13-23)24-16-26(38)35(31(17-24)44-5)45-46(42,43)25-14-10-7-11-15-25/h6-17,32H,18-22H2,1-5H3. The topological polar surface area (TPSA) is 90.0 Å². The van der Waals surface area contributed by atoms with Crippen molar-refractivity contribution >= 4 is 37.6 Å². The van der Waals surface area contributed by atoms with Crippen LogP contribution in [0.5, 0.6) is 11.5 Å². The lowest BCUT2D eigenvalue weighted by Crippen LogP contribution is -2.44. The maximum absolute atomic E-state index is 14.2. The van der Waals surface area contributed by atoms with E-state index in [0.29, 0.717) is 53.4 Å². The Hall–Kier alpha value is -3.69. The molecule has 3 aromatic rings. The van der Waals surface area contributed by atoms with Gasteiger partial charge in [0.25, 0.3) is 0 Å². The normalized spacial score (nSPS) is 19.6. The van der Waals surface area contributed by atoms with Gasteiger partial charge in [0.1, 0.15) is 4.90 Å². The maximum atomic E-state index is 14.2. The number of allylic oxidation sites excluding steroid dienone is 4. The minimum atomic E-state index is -4.17. The lowest BCUT2D eigenvalue weighted by Gasteiger charge is -2.49. The molecule has 0 fully saturated rings. The van der Waals surface area contributed by atoms with Crippen molar-refractivity contribution < 1.29 is 26.9 Å². The zero-order valence-corrected chi connectivity index (χ0v) is 29.1. The fraction of sp³-hybridized carbons (Fsp3) is 0.351. The van der Waals surface area contributed by atoms with Crippen LogP contribution >= 0.6 is 15.9 Å². The van der Waals surface area contributed by atoms with Crippen LogP contribution in [0.4, 0.5) is 0 Å². The van der Waals surface area contributed by atoms with Gasteiger partial charge in [0.05, 0.1) is 11.6 Å². The SMILES string of the molecule is COc1cc(C2C3=C(CC(C)(C)CC3=O)N(Cc3ccccc3)C3=C2C(=O)CC(C)(C)C3)cc(Br)c1OS(=O)(=O)c1ccccc1. The molecule has 0 bridgehead atoms. The first-order valence-corrected chi connectivity index (χ1v) is 17.6. The third-order valence-electron chi connectivity index (χ3n) is 9.02. The number of halogens is 1. The fourth-order valence-electron chi connectivity index (χ4n) is 7.07. The average Bonchev–Trinajstić information content (AvgIpc) is 2.98. The van der Waals surface area contributed by atoms with Gasteiger partial charge in [0.2, 0.25) is 0 Å². The monoisotopic (exact) mass is 703 g/mol. The summed E-state index contributed by atoms with van der Waals surface area (Å²) < 4.78 is 38.0. The molecule has 0 saturated carbocycles. The molecule has 1 heterocycles.